The van der Waals surface area contributed by atoms with Gasteiger partial charge < -0.3 is 75.4 Å². The summed E-state index contributed by atoms with van der Waals surface area (Å²) >= 11 is 9.50. The molecule has 5 saturated heterocycles. The molecule has 16 rings (SSSR count). The molecule has 0 aliphatic carbocycles. The molecular formula is C79H110N20O10S5. The minimum atomic E-state index is -0.306. The number of aromatic amines is 10. The molecule has 35 heteroatoms. The van der Waals surface area contributed by atoms with Crippen molar-refractivity contribution < 1.29 is 25.5 Å². The van der Waals surface area contributed by atoms with Crippen LogP contribution in [0.3, 0.4) is 0 Å². The summed E-state index contributed by atoms with van der Waals surface area (Å²) in [5, 5.41) is 51.8. The van der Waals surface area contributed by atoms with Crippen molar-refractivity contribution in [2.24, 2.45) is 29.6 Å². The van der Waals surface area contributed by atoms with E-state index in [-0.39, 0.29) is 64.2 Å². The lowest BCUT2D eigenvalue weighted by Gasteiger charge is -2.15. The normalized spacial score (nSPS) is 22.3. The summed E-state index contributed by atoms with van der Waals surface area (Å²) in [7, 11) is 0. The van der Waals surface area contributed by atoms with Crippen LogP contribution in [-0.4, -0.2) is 272 Å². The Morgan fingerprint density at radius 1 is 0.368 bits per heavy atom. The Hall–Kier alpha value is -7.33. The summed E-state index contributed by atoms with van der Waals surface area (Å²) in [5.74, 6) is 10.9. The molecule has 0 bridgehead atoms. The third-order valence-electron chi connectivity index (χ3n) is 21.4. The molecule has 11 aromatic rings. The van der Waals surface area contributed by atoms with Crippen LogP contribution in [0, 0.1) is 29.6 Å². The Labute approximate surface area is 681 Å². The number of fused-ring (bicyclic) bond motifs is 5. The van der Waals surface area contributed by atoms with Crippen molar-refractivity contribution in [1.29, 1.82) is 0 Å². The van der Waals surface area contributed by atoms with Crippen molar-refractivity contribution in [3.63, 3.8) is 0 Å². The highest BCUT2D eigenvalue weighted by Gasteiger charge is 2.36. The summed E-state index contributed by atoms with van der Waals surface area (Å²) in [6, 6.07) is 10.4. The SMILES string of the molecule is CC(C)SC[C@@H]1CN(Cc2c[nH]c3c(=O)[nH]cnc23)C[C@H]1O.CCCCSC[C@@H]1CN(Cc2c[nH]c3c(=O)[nH]cnc23)C[C@H]1O.CCCSC[C@@H]1CN(Cc2c[nH]c3c(=O)[nH]cnc23)C[C@H]1O.CCSC[C@@H]1CN(Cc2c[nH]c3c(=O)[nH]cnc23)C[C@H]1O.O=c1[nH]cnc2c(CN3C[C@@H](CSCc4ccccc4)[C@H](O)C3)c[nH]c12. The van der Waals surface area contributed by atoms with Crippen LogP contribution >= 0.6 is 58.8 Å². The fourth-order valence-corrected chi connectivity index (χ4v) is 20.7. The van der Waals surface area contributed by atoms with Crippen LogP contribution in [0.1, 0.15) is 87.3 Å². The van der Waals surface area contributed by atoms with Crippen molar-refractivity contribution in [1.82, 2.24) is 99.3 Å². The zero-order valence-electron chi connectivity index (χ0n) is 65.4. The Morgan fingerprint density at radius 2 is 0.658 bits per heavy atom. The predicted molar refractivity (Wildman–Crippen MR) is 460 cm³/mol. The Balaban J connectivity index is 0.000000132. The van der Waals surface area contributed by atoms with E-state index >= 15 is 0 Å². The Bertz CT molecular complexity index is 5120. The minimum absolute atomic E-state index is 0.145. The first-order chi connectivity index (χ1) is 55.3. The van der Waals surface area contributed by atoms with E-state index in [1.807, 2.05) is 95.9 Å². The van der Waals surface area contributed by atoms with Gasteiger partial charge in [-0.2, -0.15) is 58.8 Å². The van der Waals surface area contributed by atoms with Crippen molar-refractivity contribution in [3.8, 4) is 0 Å². The average molecular weight is 1660 g/mol. The third kappa shape index (κ3) is 22.9. The number of benzene rings is 1. The van der Waals surface area contributed by atoms with Gasteiger partial charge in [0.05, 0.1) is 89.7 Å². The van der Waals surface area contributed by atoms with Crippen molar-refractivity contribution in [2.45, 2.75) is 128 Å². The molecule has 0 radical (unpaired) electrons. The third-order valence-corrected chi connectivity index (χ3v) is 27.6. The van der Waals surface area contributed by atoms with Crippen molar-refractivity contribution >= 4 is 114 Å². The molecule has 10 aromatic heterocycles. The number of β-amino-alcohol motifs (C(OH)–C–C–N with tert-alkyl or cyclic N) is 5. The maximum atomic E-state index is 11.8. The van der Waals surface area contributed by atoms with Gasteiger partial charge in [-0.3, -0.25) is 48.5 Å². The van der Waals surface area contributed by atoms with Crippen LogP contribution < -0.4 is 27.8 Å². The second kappa shape index (κ2) is 42.2. The standard InChI is InChI=1S/C19H22N4O2S.C16H24N4O2S.2C15H22N4O2S.C14H20N4O2S/c24-16-9-23(7-14-6-20-18-17(14)21-12-22-19(18)25)8-15(16)11-26-10-13-4-2-1-3-5-13;1-2-3-4-23-9-12-7-20(8-13(12)21)6-11-5-17-15-14(11)18-10-19-16(15)22;1-9(2)22-7-11-5-19(6-12(11)20)4-10-3-16-14-13(10)17-8-18-15(14)21;1-2-3-22-8-11-6-19(7-12(11)20)5-10-4-16-14-13(10)17-9-18-15(14)21;1-2-21-7-10-5-18(6-11(10)19)4-9-3-15-13-12(9)16-8-17-14(13)20/h1-6,12,15-16,20,24H,7-11H2,(H,21,22,25);5,10,12-13,17,21H,2-4,6-9H2,1H3,(H,18,19,22);3,8-9,11-12,16,20H,4-7H2,1-2H3,(H,17,18,21);4,9,11-12,16,20H,2-3,5-8H2,1H3,(H,17,18,21);3,8,10-11,15,19H,2,4-7H2,1H3,(H,16,17,20)/t15-,16+;12-,13+;2*11-,12+;10-,11+/m00000/s1. The molecule has 30 nitrogen and oxygen atoms in total. The first-order valence-corrected chi connectivity index (χ1v) is 45.1. The highest BCUT2D eigenvalue weighted by Crippen LogP contribution is 2.31. The first kappa shape index (κ1) is 86.0. The van der Waals surface area contributed by atoms with E-state index in [1.54, 1.807) is 0 Å². The summed E-state index contributed by atoms with van der Waals surface area (Å²) in [6.45, 7) is 22.2. The molecule has 5 aliphatic rings. The van der Waals surface area contributed by atoms with Gasteiger partial charge in [0.25, 0.3) is 27.8 Å². The predicted octanol–water partition coefficient (Wildman–Crippen LogP) is 6.72. The van der Waals surface area contributed by atoms with Gasteiger partial charge >= 0.3 is 0 Å². The monoisotopic (exact) mass is 1660 g/mol. The molecule has 616 valence electrons. The van der Waals surface area contributed by atoms with Gasteiger partial charge in [-0.25, -0.2) is 24.9 Å². The van der Waals surface area contributed by atoms with E-state index in [2.05, 4.69) is 158 Å². The molecule has 0 saturated carbocycles. The first-order valence-electron chi connectivity index (χ1n) is 39.5. The van der Waals surface area contributed by atoms with Gasteiger partial charge in [0.15, 0.2) is 0 Å². The number of hydrogen-bond donors (Lipinski definition) is 15. The van der Waals surface area contributed by atoms with E-state index in [0.717, 1.165) is 129 Å². The molecule has 1 aromatic carbocycles. The number of aromatic nitrogens is 15. The molecule has 0 amide bonds. The lowest BCUT2D eigenvalue weighted by Crippen LogP contribution is -2.21. The quantitative estimate of drug-likeness (QED) is 0.0216. The van der Waals surface area contributed by atoms with Crippen molar-refractivity contribution in [2.75, 3.05) is 111 Å². The number of thioether (sulfide) groups is 5. The van der Waals surface area contributed by atoms with Crippen molar-refractivity contribution in [3.05, 3.63) is 178 Å². The average Bonchev–Trinajstić information content (AvgIpc) is 1.68. The Morgan fingerprint density at radius 3 is 0.947 bits per heavy atom. The number of H-pyrrole nitrogens is 10. The number of hydrogen-bond acceptors (Lipinski definition) is 25. The lowest BCUT2D eigenvalue weighted by atomic mass is 10.1. The summed E-state index contributed by atoms with van der Waals surface area (Å²) in [4.78, 5) is 119. The van der Waals surface area contributed by atoms with Gasteiger partial charge in [-0.15, -0.1) is 0 Å². The largest absolute Gasteiger partial charge is 0.391 e. The van der Waals surface area contributed by atoms with Crippen LogP contribution in [0.25, 0.3) is 55.2 Å². The summed E-state index contributed by atoms with van der Waals surface area (Å²) in [5.41, 5.74) is 11.8. The molecule has 5 aliphatic heterocycles. The zero-order valence-corrected chi connectivity index (χ0v) is 69.5. The fourth-order valence-electron chi connectivity index (χ4n) is 15.4. The molecule has 5 fully saturated rings. The fraction of sp³-hybridized carbons (Fsp3) is 0.544. The number of aliphatic hydroxyl groups excluding tert-OH is 5. The van der Waals surface area contributed by atoms with E-state index in [9.17, 15) is 49.5 Å². The molecule has 15 N–H and O–H groups in total. The highest BCUT2D eigenvalue weighted by molar-refractivity contribution is 8.00. The number of nitrogens with zero attached hydrogens (tertiary/aromatic N) is 10. The highest BCUT2D eigenvalue weighted by atomic mass is 32.2. The molecule has 10 atom stereocenters. The molecular weight excluding hydrogens is 1550 g/mol. The van der Waals surface area contributed by atoms with Gasteiger partial charge in [-0.05, 0) is 58.2 Å². The maximum Gasteiger partial charge on any atom is 0.275 e. The van der Waals surface area contributed by atoms with Crippen LogP contribution in [0.4, 0.5) is 0 Å². The second-order valence-electron chi connectivity index (χ2n) is 30.5. The van der Waals surface area contributed by atoms with Gasteiger partial charge in [0, 0.05) is 204 Å². The van der Waals surface area contributed by atoms with Crippen LogP contribution in [0.15, 0.2) is 117 Å². The van der Waals surface area contributed by atoms with Crippen LogP contribution in [0.5, 0.6) is 0 Å². The van der Waals surface area contributed by atoms with Gasteiger partial charge in [-0.1, -0.05) is 71.4 Å². The van der Waals surface area contributed by atoms with E-state index in [0.29, 0.717) is 127 Å². The molecule has 114 heavy (non-hydrogen) atoms. The Kier molecular flexibility index (Phi) is 31.8. The number of likely N-dealkylation sites (tertiary alicyclic amines) is 5. The number of unbranched alkanes of at least 4 members (excludes halogenated alkanes) is 1. The molecule has 15 heterocycles. The van der Waals surface area contributed by atoms with E-state index in [4.69, 9.17) is 0 Å². The smallest absolute Gasteiger partial charge is 0.275 e. The second-order valence-corrected chi connectivity index (χ2v) is 36.8. The number of rotatable bonds is 29. The minimum Gasteiger partial charge on any atom is -0.391 e. The summed E-state index contributed by atoms with van der Waals surface area (Å²) in [6.07, 6.45) is 18.7. The van der Waals surface area contributed by atoms with E-state index < -0.39 is 0 Å². The maximum absolute atomic E-state index is 11.8. The molecule has 0 unspecified atom stereocenters. The van der Waals surface area contributed by atoms with Crippen LogP contribution in [-0.2, 0) is 38.5 Å². The van der Waals surface area contributed by atoms with Crippen LogP contribution in [0.2, 0.25) is 0 Å². The van der Waals surface area contributed by atoms with Gasteiger partial charge in [0.1, 0.15) is 27.6 Å². The topological polar surface area (TPSA) is 425 Å². The van der Waals surface area contributed by atoms with E-state index in [1.165, 1.54) is 62.2 Å². The summed E-state index contributed by atoms with van der Waals surface area (Å²) < 4.78 is 0. The lowest BCUT2D eigenvalue weighted by molar-refractivity contribution is 0.149. The number of aliphatic hydroxyl groups is 5. The van der Waals surface area contributed by atoms with Gasteiger partial charge in [0.2, 0.25) is 0 Å². The molecule has 0 spiro atoms. The number of nitrogens with one attached hydrogen (secondary N) is 10. The zero-order chi connectivity index (χ0) is 80.2.